The number of nitrogens with zero attached hydrogens (tertiary/aromatic N) is 1. The van der Waals surface area contributed by atoms with Gasteiger partial charge in [0.2, 0.25) is 11.8 Å². The number of aryl methyl sites for hydroxylation is 1. The van der Waals surface area contributed by atoms with Crippen LogP contribution in [0, 0.1) is 6.92 Å². The Bertz CT molecular complexity index is 807. The molecule has 2 amide bonds. The predicted octanol–water partition coefficient (Wildman–Crippen LogP) is 4.17. The fourth-order valence-corrected chi connectivity index (χ4v) is 2.30. The summed E-state index contributed by atoms with van der Waals surface area (Å²) in [6, 6.07) is 12.4. The van der Waals surface area contributed by atoms with Gasteiger partial charge in [-0.1, -0.05) is 47.5 Å². The second-order valence-corrected chi connectivity index (χ2v) is 6.14. The van der Waals surface area contributed by atoms with E-state index < -0.39 is 0 Å². The Hall–Kier alpha value is -2.37. The number of carbonyl (C=O) groups excluding carboxylic acids is 2. The summed E-state index contributed by atoms with van der Waals surface area (Å²) in [5.41, 5.74) is 4.58. The number of benzene rings is 2. The van der Waals surface area contributed by atoms with E-state index >= 15 is 0 Å². The van der Waals surface area contributed by atoms with Crippen molar-refractivity contribution in [1.29, 1.82) is 0 Å². The molecule has 0 spiro atoms. The molecule has 0 fully saturated rings. The number of amides is 2. The van der Waals surface area contributed by atoms with E-state index in [1.807, 2.05) is 19.1 Å². The highest BCUT2D eigenvalue weighted by molar-refractivity contribution is 6.33. The van der Waals surface area contributed by atoms with Crippen molar-refractivity contribution in [3.63, 3.8) is 0 Å². The molecule has 7 heteroatoms. The van der Waals surface area contributed by atoms with Gasteiger partial charge in [0.25, 0.3) is 0 Å². The summed E-state index contributed by atoms with van der Waals surface area (Å²) >= 11 is 12.0. The first-order chi connectivity index (χ1) is 12.0. The van der Waals surface area contributed by atoms with Crippen LogP contribution in [0.3, 0.4) is 0 Å². The highest BCUT2D eigenvalue weighted by Gasteiger charge is 2.07. The maximum Gasteiger partial charge on any atom is 0.240 e. The number of carbonyl (C=O) groups is 2. The SMILES string of the molecule is Cc1ccc(NC(=O)CCC(=O)NN=Cc2ccccc2Cl)cc1Cl. The number of hydrazone groups is 1. The molecule has 0 aromatic heterocycles. The average molecular weight is 378 g/mol. The second kappa shape index (κ2) is 9.20. The molecule has 2 aromatic carbocycles. The molecule has 25 heavy (non-hydrogen) atoms. The van der Waals surface area contributed by atoms with Crippen LogP contribution in [0.4, 0.5) is 5.69 Å². The van der Waals surface area contributed by atoms with E-state index in [1.165, 1.54) is 6.21 Å². The summed E-state index contributed by atoms with van der Waals surface area (Å²) < 4.78 is 0. The maximum atomic E-state index is 11.9. The summed E-state index contributed by atoms with van der Waals surface area (Å²) in [4.78, 5) is 23.6. The van der Waals surface area contributed by atoms with Gasteiger partial charge in [-0.2, -0.15) is 5.10 Å². The highest BCUT2D eigenvalue weighted by Crippen LogP contribution is 2.20. The van der Waals surface area contributed by atoms with Crippen LogP contribution in [0.2, 0.25) is 10.0 Å². The number of halogens is 2. The van der Waals surface area contributed by atoms with Crippen LogP contribution >= 0.6 is 23.2 Å². The Labute approximate surface area is 156 Å². The van der Waals surface area contributed by atoms with Crippen LogP contribution in [-0.2, 0) is 9.59 Å². The molecule has 0 saturated heterocycles. The van der Waals surface area contributed by atoms with Crippen molar-refractivity contribution >= 4 is 46.9 Å². The molecule has 2 aromatic rings. The zero-order valence-corrected chi connectivity index (χ0v) is 15.1. The van der Waals surface area contributed by atoms with Gasteiger partial charge < -0.3 is 5.32 Å². The van der Waals surface area contributed by atoms with Gasteiger partial charge in [-0.05, 0) is 30.7 Å². The molecule has 0 radical (unpaired) electrons. The third kappa shape index (κ3) is 6.21. The van der Waals surface area contributed by atoms with Crippen LogP contribution in [0.5, 0.6) is 0 Å². The first-order valence-electron chi connectivity index (χ1n) is 7.58. The summed E-state index contributed by atoms with van der Waals surface area (Å²) in [6.07, 6.45) is 1.51. The van der Waals surface area contributed by atoms with Crippen molar-refractivity contribution in [3.8, 4) is 0 Å². The van der Waals surface area contributed by atoms with Crippen molar-refractivity contribution < 1.29 is 9.59 Å². The van der Waals surface area contributed by atoms with Crippen LogP contribution in [0.1, 0.15) is 24.0 Å². The molecule has 0 saturated carbocycles. The molecule has 0 atom stereocenters. The number of hydrogen-bond donors (Lipinski definition) is 2. The first kappa shape index (κ1) is 19.0. The van der Waals surface area contributed by atoms with E-state index in [-0.39, 0.29) is 24.7 Å². The van der Waals surface area contributed by atoms with E-state index in [9.17, 15) is 9.59 Å². The van der Waals surface area contributed by atoms with Crippen LogP contribution in [-0.4, -0.2) is 18.0 Å². The quantitative estimate of drug-likeness (QED) is 0.585. The van der Waals surface area contributed by atoms with Crippen LogP contribution < -0.4 is 10.7 Å². The van der Waals surface area contributed by atoms with Gasteiger partial charge in [0.05, 0.1) is 6.21 Å². The minimum Gasteiger partial charge on any atom is -0.326 e. The molecule has 0 aliphatic rings. The summed E-state index contributed by atoms with van der Waals surface area (Å²) in [7, 11) is 0. The summed E-state index contributed by atoms with van der Waals surface area (Å²) in [6.45, 7) is 1.88. The van der Waals surface area contributed by atoms with Crippen molar-refractivity contribution in [2.45, 2.75) is 19.8 Å². The van der Waals surface area contributed by atoms with E-state index in [2.05, 4.69) is 15.8 Å². The zero-order valence-electron chi connectivity index (χ0n) is 13.6. The Balaban J connectivity index is 1.76. The number of nitrogens with one attached hydrogen (secondary N) is 2. The van der Waals surface area contributed by atoms with E-state index in [4.69, 9.17) is 23.2 Å². The van der Waals surface area contributed by atoms with Gasteiger partial charge in [-0.15, -0.1) is 0 Å². The Morgan fingerprint density at radius 3 is 2.48 bits per heavy atom. The summed E-state index contributed by atoms with van der Waals surface area (Å²) in [5.74, 6) is -0.634. The molecule has 5 nitrogen and oxygen atoms in total. The molecule has 2 N–H and O–H groups in total. The lowest BCUT2D eigenvalue weighted by atomic mass is 10.2. The normalized spacial score (nSPS) is 10.7. The van der Waals surface area contributed by atoms with Gasteiger partial charge in [-0.25, -0.2) is 5.43 Å². The van der Waals surface area contributed by atoms with Gasteiger partial charge in [0.1, 0.15) is 0 Å². The van der Waals surface area contributed by atoms with Crippen molar-refractivity contribution in [3.05, 3.63) is 63.6 Å². The highest BCUT2D eigenvalue weighted by atomic mass is 35.5. The molecule has 0 unspecified atom stereocenters. The average Bonchev–Trinajstić information content (AvgIpc) is 2.58. The van der Waals surface area contributed by atoms with E-state index in [1.54, 1.807) is 30.3 Å². The zero-order chi connectivity index (χ0) is 18.2. The fraction of sp³-hybridized carbons (Fsp3) is 0.167. The van der Waals surface area contributed by atoms with Gasteiger partial charge in [0, 0.05) is 34.1 Å². The third-order valence-electron chi connectivity index (χ3n) is 3.33. The summed E-state index contributed by atoms with van der Waals surface area (Å²) in [5, 5.41) is 7.64. The Morgan fingerprint density at radius 1 is 1.04 bits per heavy atom. The lowest BCUT2D eigenvalue weighted by Crippen LogP contribution is -2.20. The number of rotatable bonds is 6. The van der Waals surface area contributed by atoms with Gasteiger partial charge in [0.15, 0.2) is 0 Å². The lowest BCUT2D eigenvalue weighted by molar-refractivity contribution is -0.124. The van der Waals surface area contributed by atoms with E-state index in [0.717, 1.165) is 5.56 Å². The van der Waals surface area contributed by atoms with Crippen molar-refractivity contribution in [2.24, 2.45) is 5.10 Å². The monoisotopic (exact) mass is 377 g/mol. The molecule has 0 bridgehead atoms. The lowest BCUT2D eigenvalue weighted by Gasteiger charge is -2.06. The standard InChI is InChI=1S/C18H17Cl2N3O2/c1-12-6-7-14(10-16(12)20)22-17(24)8-9-18(25)23-21-11-13-4-2-3-5-15(13)19/h2-7,10-11H,8-9H2,1H3,(H,22,24)(H,23,25). The largest absolute Gasteiger partial charge is 0.326 e. The third-order valence-corrected chi connectivity index (χ3v) is 4.08. The molecule has 2 rings (SSSR count). The smallest absolute Gasteiger partial charge is 0.240 e. The Morgan fingerprint density at radius 2 is 1.76 bits per heavy atom. The Kier molecular flexibility index (Phi) is 6.98. The topological polar surface area (TPSA) is 70.6 Å². The maximum absolute atomic E-state index is 11.9. The molecular weight excluding hydrogens is 361 g/mol. The minimum atomic E-state index is -0.361. The van der Waals surface area contributed by atoms with Crippen molar-refractivity contribution in [2.75, 3.05) is 5.32 Å². The molecule has 130 valence electrons. The van der Waals surface area contributed by atoms with Crippen LogP contribution in [0.25, 0.3) is 0 Å². The number of anilines is 1. The molecule has 0 heterocycles. The van der Waals surface area contributed by atoms with Crippen molar-refractivity contribution in [1.82, 2.24) is 5.43 Å². The second-order valence-electron chi connectivity index (χ2n) is 5.33. The fourth-order valence-electron chi connectivity index (χ4n) is 1.93. The number of hydrogen-bond acceptors (Lipinski definition) is 3. The van der Waals surface area contributed by atoms with Crippen LogP contribution in [0.15, 0.2) is 47.6 Å². The van der Waals surface area contributed by atoms with Gasteiger partial charge >= 0.3 is 0 Å². The predicted molar refractivity (Wildman–Crippen MR) is 101 cm³/mol. The van der Waals surface area contributed by atoms with Gasteiger partial charge in [-0.3, -0.25) is 9.59 Å². The first-order valence-corrected chi connectivity index (χ1v) is 8.34. The molecular formula is C18H17Cl2N3O2. The molecule has 0 aliphatic heterocycles. The molecule has 0 aliphatic carbocycles. The minimum absolute atomic E-state index is 0.0191. The van der Waals surface area contributed by atoms with E-state index in [0.29, 0.717) is 21.3 Å².